The van der Waals surface area contributed by atoms with E-state index in [4.69, 9.17) is 22.1 Å². The van der Waals surface area contributed by atoms with Crippen LogP contribution in [0.3, 0.4) is 0 Å². The second kappa shape index (κ2) is 14.6. The molecule has 1 unspecified atom stereocenters. The molecule has 3 N–H and O–H groups in total. The molecule has 4 rings (SSSR count). The van der Waals surface area contributed by atoms with Gasteiger partial charge in [-0.15, -0.1) is 0 Å². The average molecular weight is 547 g/mol. The molecule has 0 spiro atoms. The van der Waals surface area contributed by atoms with Crippen LogP contribution in [0.2, 0.25) is 5.02 Å². The average Bonchev–Trinajstić information content (AvgIpc) is 2.96. The summed E-state index contributed by atoms with van der Waals surface area (Å²) in [5.41, 5.74) is 8.38. The van der Waals surface area contributed by atoms with E-state index in [1.54, 1.807) is 0 Å². The first kappa shape index (κ1) is 28.5. The number of nitrogens with two attached hydrogens (primary N) is 1. The Hall–Kier alpha value is -3.54. The first-order valence-electron chi connectivity index (χ1n) is 13.2. The molecule has 1 aliphatic rings. The van der Waals surface area contributed by atoms with Crippen molar-refractivity contribution in [3.63, 3.8) is 0 Å². The van der Waals surface area contributed by atoms with Gasteiger partial charge in [-0.2, -0.15) is 0 Å². The van der Waals surface area contributed by atoms with Crippen molar-refractivity contribution < 1.29 is 14.7 Å². The fraction of sp³-hybridized carbons (Fsp3) is 0.323. The molecule has 39 heavy (non-hydrogen) atoms. The Balaban J connectivity index is 1.19. The van der Waals surface area contributed by atoms with Crippen LogP contribution in [0.4, 0.5) is 4.79 Å². The maximum atomic E-state index is 10.8. The van der Waals surface area contributed by atoms with E-state index in [0.29, 0.717) is 18.1 Å². The lowest BCUT2D eigenvalue weighted by atomic mass is 9.96. The molecule has 0 bridgehead atoms. The molecule has 2 amide bonds. The fourth-order valence-electron chi connectivity index (χ4n) is 4.69. The number of benzene rings is 3. The van der Waals surface area contributed by atoms with Crippen LogP contribution in [0.1, 0.15) is 35.6 Å². The molecule has 204 valence electrons. The quantitative estimate of drug-likeness (QED) is 0.161. The van der Waals surface area contributed by atoms with Crippen molar-refractivity contribution in [1.29, 1.82) is 0 Å². The summed E-state index contributed by atoms with van der Waals surface area (Å²) in [7, 11) is 0. The summed E-state index contributed by atoms with van der Waals surface area (Å²) in [6.07, 6.45) is 1.29. The third-order valence-electron chi connectivity index (χ3n) is 6.75. The van der Waals surface area contributed by atoms with E-state index in [1.807, 2.05) is 36.4 Å². The van der Waals surface area contributed by atoms with Crippen molar-refractivity contribution in [2.75, 3.05) is 45.9 Å². The lowest BCUT2D eigenvalue weighted by Gasteiger charge is -2.39. The molecule has 0 radical (unpaired) electrons. The van der Waals surface area contributed by atoms with Crippen molar-refractivity contribution >= 4 is 17.6 Å². The molecule has 0 aliphatic carbocycles. The number of amides is 2. The Morgan fingerprint density at radius 2 is 1.64 bits per heavy atom. The monoisotopic (exact) mass is 546 g/mol. The normalized spacial score (nSPS) is 14.7. The van der Waals surface area contributed by atoms with Crippen LogP contribution in [0.25, 0.3) is 0 Å². The second-order valence-corrected chi connectivity index (χ2v) is 9.92. The van der Waals surface area contributed by atoms with E-state index in [1.165, 1.54) is 11.1 Å². The zero-order chi connectivity index (χ0) is 27.5. The fourth-order valence-corrected chi connectivity index (χ4v) is 4.81. The number of nitrogens with zero attached hydrogens (tertiary/aromatic N) is 3. The van der Waals surface area contributed by atoms with Crippen molar-refractivity contribution in [2.45, 2.75) is 18.9 Å². The largest absolute Gasteiger partial charge is 0.494 e. The lowest BCUT2D eigenvalue weighted by Crippen LogP contribution is -2.48. The standard InChI is InChI=1S/C31H35ClN4O3/c32-28-14-12-27(13-15-28)30(26-8-2-1-3-9-26)35-22-20-34(21-23-35)18-6-24-39-29-16-10-25(11-17-29)7-4-5-19-36(38)31(33)37/h1-3,8-17,30,38H,5-6,18-24H2,(H2,33,37). The maximum absolute atomic E-state index is 10.8. The minimum absolute atomic E-state index is 0.0779. The number of piperazine rings is 1. The first-order chi connectivity index (χ1) is 19.0. The number of hydrogen-bond donors (Lipinski definition) is 2. The number of primary amides is 1. The topological polar surface area (TPSA) is 82.3 Å². The van der Waals surface area contributed by atoms with Crippen LogP contribution in [0.15, 0.2) is 78.9 Å². The van der Waals surface area contributed by atoms with E-state index in [9.17, 15) is 10.0 Å². The molecule has 8 heteroatoms. The molecule has 3 aromatic rings. The predicted molar refractivity (Wildman–Crippen MR) is 154 cm³/mol. The molecular weight excluding hydrogens is 512 g/mol. The zero-order valence-electron chi connectivity index (χ0n) is 22.0. The molecule has 1 atom stereocenters. The van der Waals surface area contributed by atoms with Crippen LogP contribution in [-0.4, -0.2) is 72.0 Å². The van der Waals surface area contributed by atoms with E-state index in [0.717, 1.165) is 55.5 Å². The van der Waals surface area contributed by atoms with Gasteiger partial charge >= 0.3 is 6.03 Å². The maximum Gasteiger partial charge on any atom is 0.338 e. The molecule has 3 aromatic carbocycles. The van der Waals surface area contributed by atoms with Gasteiger partial charge in [0.15, 0.2) is 0 Å². The van der Waals surface area contributed by atoms with Crippen molar-refractivity contribution in [3.05, 3.63) is 101 Å². The minimum Gasteiger partial charge on any atom is -0.494 e. The summed E-state index contributed by atoms with van der Waals surface area (Å²) in [6, 6.07) is 25.9. The predicted octanol–water partition coefficient (Wildman–Crippen LogP) is 5.03. The smallest absolute Gasteiger partial charge is 0.338 e. The van der Waals surface area contributed by atoms with Gasteiger partial charge in [0.2, 0.25) is 0 Å². The van der Waals surface area contributed by atoms with Crippen molar-refractivity contribution in [2.24, 2.45) is 5.73 Å². The van der Waals surface area contributed by atoms with Crippen molar-refractivity contribution in [3.8, 4) is 17.6 Å². The number of carbonyl (C=O) groups is 1. The molecule has 1 saturated heterocycles. The highest BCUT2D eigenvalue weighted by Crippen LogP contribution is 2.30. The number of ether oxygens (including phenoxy) is 1. The minimum atomic E-state index is -0.883. The SMILES string of the molecule is NC(=O)N(O)CCC#Cc1ccc(OCCCN2CCN(C(c3ccccc3)c3ccc(Cl)cc3)CC2)cc1. The highest BCUT2D eigenvalue weighted by molar-refractivity contribution is 6.30. The molecule has 0 saturated carbocycles. The Kier molecular flexibility index (Phi) is 10.6. The summed E-state index contributed by atoms with van der Waals surface area (Å²) in [6.45, 7) is 5.79. The van der Waals surface area contributed by atoms with Crippen LogP contribution in [-0.2, 0) is 0 Å². The van der Waals surface area contributed by atoms with Gasteiger partial charge < -0.3 is 15.4 Å². The lowest BCUT2D eigenvalue weighted by molar-refractivity contribution is -0.0372. The molecule has 7 nitrogen and oxygen atoms in total. The van der Waals surface area contributed by atoms with Crippen molar-refractivity contribution in [1.82, 2.24) is 14.9 Å². The number of rotatable bonds is 10. The first-order valence-corrected chi connectivity index (χ1v) is 13.6. The van der Waals surface area contributed by atoms with Crippen LogP contribution in [0.5, 0.6) is 5.75 Å². The number of halogens is 1. The Morgan fingerprint density at radius 3 is 2.31 bits per heavy atom. The van der Waals surface area contributed by atoms with Crippen LogP contribution < -0.4 is 10.5 Å². The molecule has 0 aromatic heterocycles. The second-order valence-electron chi connectivity index (χ2n) is 9.48. The summed E-state index contributed by atoms with van der Waals surface area (Å²) < 4.78 is 5.93. The highest BCUT2D eigenvalue weighted by atomic mass is 35.5. The van der Waals surface area contributed by atoms with Gasteiger partial charge in [0.1, 0.15) is 5.75 Å². The Labute approximate surface area is 235 Å². The van der Waals surface area contributed by atoms with Crippen LogP contribution in [0, 0.1) is 11.8 Å². The molecule has 1 aliphatic heterocycles. The molecular formula is C31H35ClN4O3. The Morgan fingerprint density at radius 1 is 0.974 bits per heavy atom. The number of carbonyl (C=O) groups excluding carboxylic acids is 1. The van der Waals surface area contributed by atoms with Gasteiger partial charge in [0.25, 0.3) is 0 Å². The highest BCUT2D eigenvalue weighted by Gasteiger charge is 2.26. The summed E-state index contributed by atoms with van der Waals surface area (Å²) in [5, 5.41) is 10.5. The third kappa shape index (κ3) is 8.74. The van der Waals surface area contributed by atoms with E-state index in [2.05, 4.69) is 64.1 Å². The van der Waals surface area contributed by atoms with Crippen LogP contribution >= 0.6 is 11.6 Å². The van der Waals surface area contributed by atoms with E-state index >= 15 is 0 Å². The third-order valence-corrected chi connectivity index (χ3v) is 7.00. The van der Waals surface area contributed by atoms with Gasteiger partial charge in [0.05, 0.1) is 19.2 Å². The number of hydroxylamine groups is 2. The number of urea groups is 1. The van der Waals surface area contributed by atoms with Gasteiger partial charge in [0, 0.05) is 49.7 Å². The molecule has 1 fully saturated rings. The summed E-state index contributed by atoms with van der Waals surface area (Å²) >= 11 is 6.16. The van der Waals surface area contributed by atoms with E-state index < -0.39 is 6.03 Å². The summed E-state index contributed by atoms with van der Waals surface area (Å²) in [4.78, 5) is 15.8. The Bertz CT molecular complexity index is 1230. The van der Waals surface area contributed by atoms with E-state index in [-0.39, 0.29) is 12.6 Å². The number of hydrogen-bond acceptors (Lipinski definition) is 5. The summed E-state index contributed by atoms with van der Waals surface area (Å²) in [5.74, 6) is 6.72. The van der Waals surface area contributed by atoms with Gasteiger partial charge in [-0.3, -0.25) is 10.1 Å². The zero-order valence-corrected chi connectivity index (χ0v) is 22.8. The van der Waals surface area contributed by atoms with Gasteiger partial charge in [-0.1, -0.05) is 65.9 Å². The van der Waals surface area contributed by atoms with Gasteiger partial charge in [-0.05, 0) is 53.9 Å². The molecule has 1 heterocycles. The van der Waals surface area contributed by atoms with Gasteiger partial charge in [-0.25, -0.2) is 9.86 Å².